The van der Waals surface area contributed by atoms with Crippen LogP contribution < -0.4 is 10.2 Å². The molecule has 0 aliphatic carbocycles. The molecule has 2 aromatic carbocycles. The number of carbonyl (C=O) groups excluding carboxylic acids is 1. The molecule has 5 rings (SSSR count). The average molecular weight is 458 g/mol. The van der Waals surface area contributed by atoms with E-state index >= 15 is 0 Å². The Bertz CT molecular complexity index is 1260. The summed E-state index contributed by atoms with van der Waals surface area (Å²) in [6, 6.07) is 15.0. The fraction of sp³-hybridized carbons (Fsp3) is 0.346. The van der Waals surface area contributed by atoms with Gasteiger partial charge in [-0.2, -0.15) is 0 Å². The first-order valence-corrected chi connectivity index (χ1v) is 11.9. The molecule has 4 aromatic rings. The third kappa shape index (κ3) is 4.82. The number of aryl methyl sites for hydroxylation is 1. The summed E-state index contributed by atoms with van der Waals surface area (Å²) in [5.74, 6) is -0.0412. The van der Waals surface area contributed by atoms with Crippen LogP contribution in [0.5, 0.6) is 0 Å². The van der Waals surface area contributed by atoms with Crippen LogP contribution in [0.1, 0.15) is 25.8 Å². The first-order valence-electron chi connectivity index (χ1n) is 11.9. The van der Waals surface area contributed by atoms with Gasteiger partial charge in [0.1, 0.15) is 12.7 Å². The number of aromatic amines is 1. The monoisotopic (exact) mass is 457 g/mol. The smallest absolute Gasteiger partial charge is 0.221 e. The van der Waals surface area contributed by atoms with Gasteiger partial charge in [0.25, 0.3) is 0 Å². The van der Waals surface area contributed by atoms with Crippen LogP contribution in [0.3, 0.4) is 0 Å². The van der Waals surface area contributed by atoms with E-state index in [-0.39, 0.29) is 5.91 Å². The SMILES string of the molecule is CC(=O)Nc1cccc(N2CCN(CCCc3c[nH]c4ccc(-n5cnnc5)cc34)C(C)C2)c1. The number of amides is 1. The van der Waals surface area contributed by atoms with Crippen LogP contribution >= 0.6 is 0 Å². The quantitative estimate of drug-likeness (QED) is 0.441. The van der Waals surface area contributed by atoms with E-state index in [0.29, 0.717) is 6.04 Å². The van der Waals surface area contributed by atoms with Gasteiger partial charge in [0.2, 0.25) is 5.91 Å². The largest absolute Gasteiger partial charge is 0.369 e. The van der Waals surface area contributed by atoms with E-state index in [1.54, 1.807) is 19.6 Å². The number of nitrogens with one attached hydrogen (secondary N) is 2. The van der Waals surface area contributed by atoms with Gasteiger partial charge in [0.15, 0.2) is 0 Å². The summed E-state index contributed by atoms with van der Waals surface area (Å²) >= 11 is 0. The van der Waals surface area contributed by atoms with Crippen LogP contribution in [0.15, 0.2) is 61.3 Å². The van der Waals surface area contributed by atoms with Crippen molar-refractivity contribution in [3.05, 3.63) is 66.9 Å². The van der Waals surface area contributed by atoms with E-state index in [4.69, 9.17) is 0 Å². The molecule has 0 radical (unpaired) electrons. The molecule has 0 bridgehead atoms. The maximum atomic E-state index is 11.4. The number of nitrogens with zero attached hydrogens (tertiary/aromatic N) is 5. The third-order valence-corrected chi connectivity index (χ3v) is 6.66. The molecule has 1 amide bonds. The Kier molecular flexibility index (Phi) is 6.31. The van der Waals surface area contributed by atoms with Gasteiger partial charge >= 0.3 is 0 Å². The van der Waals surface area contributed by atoms with E-state index in [9.17, 15) is 4.79 Å². The molecule has 34 heavy (non-hydrogen) atoms. The van der Waals surface area contributed by atoms with E-state index < -0.39 is 0 Å². The number of anilines is 2. The lowest BCUT2D eigenvalue weighted by molar-refractivity contribution is -0.114. The summed E-state index contributed by atoms with van der Waals surface area (Å²) in [7, 11) is 0. The van der Waals surface area contributed by atoms with Crippen LogP contribution in [0, 0.1) is 0 Å². The molecule has 2 aromatic heterocycles. The Morgan fingerprint density at radius 2 is 1.97 bits per heavy atom. The van der Waals surface area contributed by atoms with E-state index in [1.807, 2.05) is 16.7 Å². The number of carbonyl (C=O) groups is 1. The van der Waals surface area contributed by atoms with Crippen molar-refractivity contribution in [2.75, 3.05) is 36.4 Å². The van der Waals surface area contributed by atoms with Gasteiger partial charge in [0.05, 0.1) is 0 Å². The van der Waals surface area contributed by atoms with Crippen molar-refractivity contribution in [2.24, 2.45) is 0 Å². The maximum absolute atomic E-state index is 11.4. The van der Waals surface area contributed by atoms with Gasteiger partial charge < -0.3 is 15.2 Å². The summed E-state index contributed by atoms with van der Waals surface area (Å²) in [4.78, 5) is 19.8. The number of rotatable bonds is 7. The number of piperazine rings is 1. The second-order valence-electron chi connectivity index (χ2n) is 9.08. The van der Waals surface area contributed by atoms with Crippen molar-refractivity contribution in [2.45, 2.75) is 32.7 Å². The minimum absolute atomic E-state index is 0.0412. The lowest BCUT2D eigenvalue weighted by atomic mass is 10.1. The molecule has 176 valence electrons. The average Bonchev–Trinajstić information content (AvgIpc) is 3.50. The topological polar surface area (TPSA) is 82.1 Å². The molecular weight excluding hydrogens is 426 g/mol. The number of fused-ring (bicyclic) bond motifs is 1. The highest BCUT2D eigenvalue weighted by Crippen LogP contribution is 2.25. The van der Waals surface area contributed by atoms with Crippen LogP contribution in [-0.2, 0) is 11.2 Å². The molecule has 1 unspecified atom stereocenters. The third-order valence-electron chi connectivity index (χ3n) is 6.66. The number of hydrogen-bond donors (Lipinski definition) is 2. The molecule has 8 heteroatoms. The highest BCUT2D eigenvalue weighted by atomic mass is 16.1. The molecule has 1 saturated heterocycles. The fourth-order valence-electron chi connectivity index (χ4n) is 4.89. The Hall–Kier alpha value is -3.65. The van der Waals surface area contributed by atoms with Gasteiger partial charge in [-0.3, -0.25) is 14.3 Å². The first-order chi connectivity index (χ1) is 16.6. The number of benzene rings is 2. The van der Waals surface area contributed by atoms with Crippen LogP contribution in [0.4, 0.5) is 11.4 Å². The summed E-state index contributed by atoms with van der Waals surface area (Å²) in [6.45, 7) is 7.94. The van der Waals surface area contributed by atoms with Gasteiger partial charge in [0, 0.05) is 66.8 Å². The molecule has 2 N–H and O–H groups in total. The van der Waals surface area contributed by atoms with Gasteiger partial charge in [-0.05, 0) is 68.3 Å². The molecule has 1 aliphatic heterocycles. The van der Waals surface area contributed by atoms with Crippen molar-refractivity contribution in [1.29, 1.82) is 0 Å². The van der Waals surface area contributed by atoms with Crippen molar-refractivity contribution in [3.8, 4) is 5.69 Å². The van der Waals surface area contributed by atoms with Crippen molar-refractivity contribution in [1.82, 2.24) is 24.6 Å². The molecule has 0 saturated carbocycles. The molecule has 1 atom stereocenters. The second-order valence-corrected chi connectivity index (χ2v) is 9.08. The minimum atomic E-state index is -0.0412. The Morgan fingerprint density at radius 3 is 2.76 bits per heavy atom. The molecule has 1 aliphatic rings. The molecule has 3 heterocycles. The van der Waals surface area contributed by atoms with E-state index in [0.717, 1.165) is 55.9 Å². The predicted octanol–water partition coefficient (Wildman–Crippen LogP) is 3.85. The van der Waals surface area contributed by atoms with Gasteiger partial charge in [-0.1, -0.05) is 6.07 Å². The highest BCUT2D eigenvalue weighted by molar-refractivity contribution is 5.89. The Morgan fingerprint density at radius 1 is 1.12 bits per heavy atom. The molecule has 0 spiro atoms. The van der Waals surface area contributed by atoms with Crippen molar-refractivity contribution >= 4 is 28.2 Å². The van der Waals surface area contributed by atoms with Crippen LogP contribution in [-0.4, -0.2) is 62.8 Å². The van der Waals surface area contributed by atoms with E-state index in [2.05, 4.69) is 73.8 Å². The number of aromatic nitrogens is 4. The van der Waals surface area contributed by atoms with Crippen LogP contribution in [0.2, 0.25) is 0 Å². The molecule has 8 nitrogen and oxygen atoms in total. The lowest BCUT2D eigenvalue weighted by Crippen LogP contribution is -2.52. The Balaban J connectivity index is 1.17. The van der Waals surface area contributed by atoms with Gasteiger partial charge in [-0.25, -0.2) is 0 Å². The van der Waals surface area contributed by atoms with E-state index in [1.165, 1.54) is 16.6 Å². The first kappa shape index (κ1) is 22.2. The van der Waals surface area contributed by atoms with Gasteiger partial charge in [-0.15, -0.1) is 10.2 Å². The van der Waals surface area contributed by atoms with Crippen molar-refractivity contribution < 1.29 is 4.79 Å². The number of H-pyrrole nitrogens is 1. The summed E-state index contributed by atoms with van der Waals surface area (Å²) in [5.41, 5.74) is 5.61. The molecular formula is C26H31N7O. The van der Waals surface area contributed by atoms with Crippen molar-refractivity contribution in [3.63, 3.8) is 0 Å². The zero-order valence-electron chi connectivity index (χ0n) is 19.7. The maximum Gasteiger partial charge on any atom is 0.221 e. The standard InChI is InChI=1S/C26H31N7O/c1-19-16-32(23-7-3-6-22(13-23)30-20(2)34)12-11-31(19)10-4-5-21-15-27-26-9-8-24(14-25(21)26)33-17-28-29-18-33/h3,6-9,13-15,17-19,27H,4-5,10-12,16H2,1-2H3,(H,30,34). The zero-order chi connectivity index (χ0) is 23.5. The second kappa shape index (κ2) is 9.69. The lowest BCUT2D eigenvalue weighted by Gasteiger charge is -2.41. The Labute approximate surface area is 199 Å². The summed E-state index contributed by atoms with van der Waals surface area (Å²) < 4.78 is 1.93. The summed E-state index contributed by atoms with van der Waals surface area (Å²) in [5, 5.41) is 12.0. The predicted molar refractivity (Wildman–Crippen MR) is 136 cm³/mol. The minimum Gasteiger partial charge on any atom is -0.369 e. The summed E-state index contributed by atoms with van der Waals surface area (Å²) in [6.07, 6.45) is 7.75. The fourth-order valence-corrected chi connectivity index (χ4v) is 4.89. The number of hydrogen-bond acceptors (Lipinski definition) is 5. The molecule has 1 fully saturated rings. The highest BCUT2D eigenvalue weighted by Gasteiger charge is 2.23. The zero-order valence-corrected chi connectivity index (χ0v) is 19.7. The normalized spacial score (nSPS) is 16.8. The van der Waals surface area contributed by atoms with Crippen LogP contribution in [0.25, 0.3) is 16.6 Å².